The summed E-state index contributed by atoms with van der Waals surface area (Å²) in [5.41, 5.74) is 7.38. The highest BCUT2D eigenvalue weighted by molar-refractivity contribution is 5.93. The smallest absolute Gasteiger partial charge is 0.238 e. The van der Waals surface area contributed by atoms with Crippen molar-refractivity contribution in [2.45, 2.75) is 19.4 Å². The van der Waals surface area contributed by atoms with Gasteiger partial charge in [-0.1, -0.05) is 18.2 Å². The Labute approximate surface area is 119 Å². The van der Waals surface area contributed by atoms with Gasteiger partial charge in [0.05, 0.1) is 6.54 Å². The van der Waals surface area contributed by atoms with Gasteiger partial charge < -0.3 is 16.2 Å². The SMILES string of the molecule is NCc1ccccc1NC(=O)CN1CCCC(CO)C1. The molecule has 1 aromatic carbocycles. The molecule has 5 heteroatoms. The van der Waals surface area contributed by atoms with E-state index in [-0.39, 0.29) is 12.5 Å². The fraction of sp³-hybridized carbons (Fsp3) is 0.533. The van der Waals surface area contributed by atoms with Crippen molar-refractivity contribution in [1.29, 1.82) is 0 Å². The van der Waals surface area contributed by atoms with Gasteiger partial charge in [-0.15, -0.1) is 0 Å². The van der Waals surface area contributed by atoms with E-state index >= 15 is 0 Å². The third-order valence-corrected chi connectivity index (χ3v) is 3.74. The summed E-state index contributed by atoms with van der Waals surface area (Å²) in [6.45, 7) is 2.70. The van der Waals surface area contributed by atoms with Crippen molar-refractivity contribution in [2.75, 3.05) is 31.6 Å². The Kier molecular flexibility index (Phi) is 5.52. The molecule has 1 aliphatic rings. The number of aliphatic hydroxyl groups is 1. The van der Waals surface area contributed by atoms with Gasteiger partial charge in [-0.05, 0) is 36.9 Å². The number of anilines is 1. The number of benzene rings is 1. The molecule has 4 N–H and O–H groups in total. The molecule has 0 aromatic heterocycles. The van der Waals surface area contributed by atoms with Crippen molar-refractivity contribution in [3.05, 3.63) is 29.8 Å². The zero-order valence-electron chi connectivity index (χ0n) is 11.7. The van der Waals surface area contributed by atoms with Crippen LogP contribution in [0.2, 0.25) is 0 Å². The van der Waals surface area contributed by atoms with Gasteiger partial charge in [0, 0.05) is 25.4 Å². The summed E-state index contributed by atoms with van der Waals surface area (Å²) in [6, 6.07) is 7.58. The summed E-state index contributed by atoms with van der Waals surface area (Å²) in [7, 11) is 0. The van der Waals surface area contributed by atoms with E-state index in [9.17, 15) is 9.90 Å². The van der Waals surface area contributed by atoms with E-state index in [4.69, 9.17) is 5.73 Å². The number of aliphatic hydroxyl groups excluding tert-OH is 1. The standard InChI is InChI=1S/C15H23N3O2/c16-8-13-5-1-2-6-14(13)17-15(20)10-18-7-3-4-12(9-18)11-19/h1-2,5-6,12,19H,3-4,7-11,16H2,(H,17,20). The molecule has 1 fully saturated rings. The third-order valence-electron chi connectivity index (χ3n) is 3.74. The zero-order chi connectivity index (χ0) is 14.4. The van der Waals surface area contributed by atoms with Gasteiger partial charge in [0.15, 0.2) is 0 Å². The lowest BCUT2D eigenvalue weighted by Crippen LogP contribution is -2.41. The molecule has 1 amide bonds. The quantitative estimate of drug-likeness (QED) is 0.743. The molecule has 0 radical (unpaired) electrons. The lowest BCUT2D eigenvalue weighted by atomic mass is 9.99. The molecule has 20 heavy (non-hydrogen) atoms. The number of rotatable bonds is 5. The number of piperidine rings is 1. The summed E-state index contributed by atoms with van der Waals surface area (Å²) in [5.74, 6) is 0.275. The van der Waals surface area contributed by atoms with Crippen LogP contribution >= 0.6 is 0 Å². The molecule has 0 saturated carbocycles. The molecule has 0 spiro atoms. The number of amides is 1. The van der Waals surface area contributed by atoms with Crippen molar-refractivity contribution < 1.29 is 9.90 Å². The fourth-order valence-corrected chi connectivity index (χ4v) is 2.66. The van der Waals surface area contributed by atoms with Gasteiger partial charge in [0.25, 0.3) is 0 Å². The van der Waals surface area contributed by atoms with Crippen LogP contribution in [0.3, 0.4) is 0 Å². The summed E-state index contributed by atoms with van der Waals surface area (Å²) < 4.78 is 0. The van der Waals surface area contributed by atoms with E-state index in [1.807, 2.05) is 24.3 Å². The molecular weight excluding hydrogens is 254 g/mol. The Morgan fingerprint density at radius 1 is 1.45 bits per heavy atom. The Bertz CT molecular complexity index is 450. The summed E-state index contributed by atoms with van der Waals surface area (Å²) >= 11 is 0. The Morgan fingerprint density at radius 3 is 3.00 bits per heavy atom. The number of nitrogens with two attached hydrogens (primary N) is 1. The van der Waals surface area contributed by atoms with E-state index < -0.39 is 0 Å². The summed E-state index contributed by atoms with van der Waals surface area (Å²) in [5, 5.41) is 12.1. The monoisotopic (exact) mass is 277 g/mol. The van der Waals surface area contributed by atoms with Crippen molar-refractivity contribution in [3.8, 4) is 0 Å². The lowest BCUT2D eigenvalue weighted by Gasteiger charge is -2.31. The Hall–Kier alpha value is -1.43. The normalized spacial score (nSPS) is 19.8. The van der Waals surface area contributed by atoms with Crippen molar-refractivity contribution >= 4 is 11.6 Å². The molecule has 1 aromatic rings. The first-order valence-corrected chi connectivity index (χ1v) is 7.14. The predicted molar refractivity (Wildman–Crippen MR) is 79.2 cm³/mol. The molecular formula is C15H23N3O2. The summed E-state index contributed by atoms with van der Waals surface area (Å²) in [6.07, 6.45) is 2.09. The molecule has 0 aliphatic carbocycles. The second-order valence-corrected chi connectivity index (χ2v) is 5.34. The maximum absolute atomic E-state index is 12.1. The minimum Gasteiger partial charge on any atom is -0.396 e. The second-order valence-electron chi connectivity index (χ2n) is 5.34. The minimum absolute atomic E-state index is 0.0236. The lowest BCUT2D eigenvalue weighted by molar-refractivity contribution is -0.117. The van der Waals surface area contributed by atoms with Crippen LogP contribution in [-0.4, -0.2) is 42.2 Å². The predicted octanol–water partition coefficient (Wildman–Crippen LogP) is 0.788. The zero-order valence-corrected chi connectivity index (χ0v) is 11.7. The van der Waals surface area contributed by atoms with Crippen LogP contribution in [0.15, 0.2) is 24.3 Å². The topological polar surface area (TPSA) is 78.6 Å². The van der Waals surface area contributed by atoms with Crippen LogP contribution in [0.4, 0.5) is 5.69 Å². The third kappa shape index (κ3) is 4.03. The molecule has 0 bridgehead atoms. The largest absolute Gasteiger partial charge is 0.396 e. The maximum Gasteiger partial charge on any atom is 0.238 e. The average Bonchev–Trinajstić information content (AvgIpc) is 2.48. The van der Waals surface area contributed by atoms with Crippen molar-refractivity contribution in [1.82, 2.24) is 4.90 Å². The first-order chi connectivity index (χ1) is 9.72. The molecule has 1 unspecified atom stereocenters. The van der Waals surface area contributed by atoms with Crippen LogP contribution in [0, 0.1) is 5.92 Å². The van der Waals surface area contributed by atoms with Gasteiger partial charge in [-0.3, -0.25) is 9.69 Å². The molecule has 110 valence electrons. The van der Waals surface area contributed by atoms with E-state index in [2.05, 4.69) is 10.2 Å². The molecule has 5 nitrogen and oxygen atoms in total. The van der Waals surface area contributed by atoms with Gasteiger partial charge in [0.2, 0.25) is 5.91 Å². The van der Waals surface area contributed by atoms with Crippen LogP contribution in [-0.2, 0) is 11.3 Å². The van der Waals surface area contributed by atoms with Crippen LogP contribution in [0.25, 0.3) is 0 Å². The van der Waals surface area contributed by atoms with Crippen LogP contribution < -0.4 is 11.1 Å². The molecule has 1 saturated heterocycles. The molecule has 2 rings (SSSR count). The Morgan fingerprint density at radius 2 is 2.25 bits per heavy atom. The molecule has 1 aliphatic heterocycles. The molecule has 1 atom stereocenters. The highest BCUT2D eigenvalue weighted by Crippen LogP contribution is 2.17. The summed E-state index contributed by atoms with van der Waals surface area (Å²) in [4.78, 5) is 14.2. The maximum atomic E-state index is 12.1. The number of hydrogen-bond donors (Lipinski definition) is 3. The van der Waals surface area contributed by atoms with Gasteiger partial charge in [0.1, 0.15) is 0 Å². The first-order valence-electron chi connectivity index (χ1n) is 7.14. The van der Waals surface area contributed by atoms with Gasteiger partial charge in [-0.25, -0.2) is 0 Å². The number of likely N-dealkylation sites (tertiary alicyclic amines) is 1. The second kappa shape index (κ2) is 7.38. The number of hydrogen-bond acceptors (Lipinski definition) is 4. The Balaban J connectivity index is 1.89. The molecule has 1 heterocycles. The number of carbonyl (C=O) groups is 1. The highest BCUT2D eigenvalue weighted by Gasteiger charge is 2.21. The van der Waals surface area contributed by atoms with Crippen molar-refractivity contribution in [2.24, 2.45) is 11.7 Å². The number of nitrogens with zero attached hydrogens (tertiary/aromatic N) is 1. The minimum atomic E-state index is -0.0236. The number of para-hydroxylation sites is 1. The van der Waals surface area contributed by atoms with Crippen LogP contribution in [0.1, 0.15) is 18.4 Å². The number of carbonyl (C=O) groups excluding carboxylic acids is 1. The first kappa shape index (κ1) is 15.0. The van der Waals surface area contributed by atoms with E-state index in [0.717, 1.165) is 37.2 Å². The highest BCUT2D eigenvalue weighted by atomic mass is 16.3. The van der Waals surface area contributed by atoms with E-state index in [1.165, 1.54) is 0 Å². The van der Waals surface area contributed by atoms with E-state index in [1.54, 1.807) is 0 Å². The van der Waals surface area contributed by atoms with Gasteiger partial charge >= 0.3 is 0 Å². The average molecular weight is 277 g/mol. The van der Waals surface area contributed by atoms with E-state index in [0.29, 0.717) is 19.0 Å². The van der Waals surface area contributed by atoms with Gasteiger partial charge in [-0.2, -0.15) is 0 Å². The van der Waals surface area contributed by atoms with Crippen LogP contribution in [0.5, 0.6) is 0 Å². The fourth-order valence-electron chi connectivity index (χ4n) is 2.66. The number of nitrogens with one attached hydrogen (secondary N) is 1. The van der Waals surface area contributed by atoms with Crippen molar-refractivity contribution in [3.63, 3.8) is 0 Å².